The molecule has 0 spiro atoms. The van der Waals surface area contributed by atoms with Crippen LogP contribution in [0.1, 0.15) is 6.42 Å². The normalized spacial score (nSPS) is 24.3. The molecule has 0 bridgehead atoms. The van der Waals surface area contributed by atoms with Crippen molar-refractivity contribution in [2.45, 2.75) is 12.0 Å². The molecule has 16 heavy (non-hydrogen) atoms. The second-order valence-corrected chi connectivity index (χ2v) is 4.74. The molecule has 1 aliphatic heterocycles. The van der Waals surface area contributed by atoms with Crippen LogP contribution in [0.3, 0.4) is 0 Å². The number of hydrogen-bond donors (Lipinski definition) is 1. The average Bonchev–Trinajstić information content (AvgIpc) is 2.71. The number of carboxylic acids is 1. The van der Waals surface area contributed by atoms with E-state index in [2.05, 4.69) is 0 Å². The number of hydrogen-bond acceptors (Lipinski definition) is 3. The predicted molar refractivity (Wildman–Crippen MR) is 59.3 cm³/mol. The molecular formula is C11H11FO3S. The van der Waals surface area contributed by atoms with Gasteiger partial charge in [-0.05, 0) is 17.9 Å². The van der Waals surface area contributed by atoms with E-state index in [4.69, 9.17) is 9.84 Å². The summed E-state index contributed by atoms with van der Waals surface area (Å²) in [5.41, 5.74) is -1.27. The topological polar surface area (TPSA) is 46.5 Å². The third-order valence-corrected chi connectivity index (χ3v) is 3.68. The molecule has 1 atom stereocenters. The molecule has 3 nitrogen and oxygen atoms in total. The Morgan fingerprint density at radius 1 is 1.50 bits per heavy atom. The monoisotopic (exact) mass is 242 g/mol. The highest BCUT2D eigenvalue weighted by Crippen LogP contribution is 2.33. The zero-order valence-electron chi connectivity index (χ0n) is 8.48. The van der Waals surface area contributed by atoms with Crippen molar-refractivity contribution in [1.29, 1.82) is 0 Å². The van der Waals surface area contributed by atoms with Gasteiger partial charge in [0.25, 0.3) is 0 Å². The smallest absolute Gasteiger partial charge is 0.348 e. The van der Waals surface area contributed by atoms with Gasteiger partial charge in [-0.1, -0.05) is 12.1 Å². The number of benzene rings is 1. The fourth-order valence-electron chi connectivity index (χ4n) is 1.58. The van der Waals surface area contributed by atoms with Gasteiger partial charge in [-0.25, -0.2) is 9.18 Å². The van der Waals surface area contributed by atoms with Crippen LogP contribution in [0.4, 0.5) is 4.39 Å². The highest BCUT2D eigenvalue weighted by Gasteiger charge is 2.44. The SMILES string of the molecule is O=C(O)C1(Oc2ccccc2F)CCSC1. The molecule has 1 aromatic rings. The average molecular weight is 242 g/mol. The Labute approximate surface area is 96.6 Å². The first-order valence-corrected chi connectivity index (χ1v) is 6.04. The van der Waals surface area contributed by atoms with Gasteiger partial charge in [0.05, 0.1) is 0 Å². The van der Waals surface area contributed by atoms with Crippen molar-refractivity contribution < 1.29 is 19.0 Å². The van der Waals surface area contributed by atoms with Crippen LogP contribution in [-0.4, -0.2) is 28.2 Å². The van der Waals surface area contributed by atoms with Gasteiger partial charge >= 0.3 is 5.97 Å². The fraction of sp³-hybridized carbons (Fsp3) is 0.364. The van der Waals surface area contributed by atoms with Gasteiger partial charge < -0.3 is 9.84 Å². The highest BCUT2D eigenvalue weighted by atomic mass is 32.2. The van der Waals surface area contributed by atoms with Crippen molar-refractivity contribution >= 4 is 17.7 Å². The summed E-state index contributed by atoms with van der Waals surface area (Å²) in [5, 5.41) is 9.16. The molecule has 1 fully saturated rings. The maximum absolute atomic E-state index is 13.4. The van der Waals surface area contributed by atoms with E-state index in [9.17, 15) is 9.18 Å². The van der Waals surface area contributed by atoms with Crippen molar-refractivity contribution in [3.05, 3.63) is 30.1 Å². The quantitative estimate of drug-likeness (QED) is 0.882. The summed E-state index contributed by atoms with van der Waals surface area (Å²) >= 11 is 1.51. The summed E-state index contributed by atoms with van der Waals surface area (Å²) in [6.45, 7) is 0. The van der Waals surface area contributed by atoms with Gasteiger partial charge in [0.2, 0.25) is 5.60 Å². The van der Waals surface area contributed by atoms with E-state index in [1.165, 1.54) is 23.9 Å². The lowest BCUT2D eigenvalue weighted by atomic mass is 10.0. The Morgan fingerprint density at radius 2 is 2.25 bits per heavy atom. The van der Waals surface area contributed by atoms with Crippen LogP contribution in [0.25, 0.3) is 0 Å². The van der Waals surface area contributed by atoms with Gasteiger partial charge in [0.15, 0.2) is 11.6 Å². The minimum absolute atomic E-state index is 0.00685. The van der Waals surface area contributed by atoms with E-state index in [1.54, 1.807) is 12.1 Å². The maximum atomic E-state index is 13.4. The molecule has 86 valence electrons. The number of para-hydroxylation sites is 1. The number of halogens is 1. The van der Waals surface area contributed by atoms with Crippen LogP contribution >= 0.6 is 11.8 Å². The standard InChI is InChI=1S/C11H11FO3S/c12-8-3-1-2-4-9(8)15-11(10(13)14)5-6-16-7-11/h1-4H,5-7H2,(H,13,14). The molecule has 1 aromatic carbocycles. The first kappa shape index (κ1) is 11.3. The molecule has 0 aliphatic carbocycles. The molecule has 0 aromatic heterocycles. The van der Waals surface area contributed by atoms with Gasteiger partial charge in [0, 0.05) is 12.2 Å². The van der Waals surface area contributed by atoms with E-state index in [0.717, 1.165) is 5.75 Å². The third-order valence-electron chi connectivity index (χ3n) is 2.52. The maximum Gasteiger partial charge on any atom is 0.348 e. The molecule has 1 heterocycles. The zero-order valence-corrected chi connectivity index (χ0v) is 9.30. The summed E-state index contributed by atoms with van der Waals surface area (Å²) in [6, 6.07) is 5.87. The number of carbonyl (C=O) groups is 1. The number of ether oxygens (including phenoxy) is 1. The zero-order chi connectivity index (χ0) is 11.6. The van der Waals surface area contributed by atoms with Crippen molar-refractivity contribution in [2.24, 2.45) is 0 Å². The first-order chi connectivity index (χ1) is 7.64. The van der Waals surface area contributed by atoms with Crippen LogP contribution in [0, 0.1) is 5.82 Å². The minimum atomic E-state index is -1.27. The summed E-state index contributed by atoms with van der Waals surface area (Å²) in [4.78, 5) is 11.2. The van der Waals surface area contributed by atoms with Gasteiger partial charge in [0.1, 0.15) is 0 Å². The predicted octanol–water partition coefficient (Wildman–Crippen LogP) is 2.16. The molecule has 5 heteroatoms. The van der Waals surface area contributed by atoms with E-state index in [1.807, 2.05) is 0 Å². The van der Waals surface area contributed by atoms with Crippen LogP contribution in [0.2, 0.25) is 0 Å². The number of carboxylic acid groups (broad SMARTS) is 1. The van der Waals surface area contributed by atoms with Crippen molar-refractivity contribution in [3.8, 4) is 5.75 Å². The van der Waals surface area contributed by atoms with Crippen molar-refractivity contribution in [3.63, 3.8) is 0 Å². The Balaban J connectivity index is 2.25. The molecule has 0 saturated carbocycles. The molecule has 1 saturated heterocycles. The fourth-order valence-corrected chi connectivity index (χ4v) is 2.85. The molecule has 2 rings (SSSR count). The lowest BCUT2D eigenvalue weighted by Crippen LogP contribution is -2.44. The number of rotatable bonds is 3. The van der Waals surface area contributed by atoms with Crippen molar-refractivity contribution in [1.82, 2.24) is 0 Å². The Kier molecular flexibility index (Phi) is 3.05. The largest absolute Gasteiger partial charge is 0.478 e. The van der Waals surface area contributed by atoms with Gasteiger partial charge in [-0.2, -0.15) is 11.8 Å². The summed E-state index contributed by atoms with van der Waals surface area (Å²) in [7, 11) is 0. The Bertz CT molecular complexity index is 402. The highest BCUT2D eigenvalue weighted by molar-refractivity contribution is 7.99. The summed E-state index contributed by atoms with van der Waals surface area (Å²) in [6.07, 6.45) is 0.404. The molecule has 0 amide bonds. The van der Waals surface area contributed by atoms with Crippen LogP contribution in [-0.2, 0) is 4.79 Å². The third kappa shape index (κ3) is 2.00. The Hall–Kier alpha value is -1.23. The number of aliphatic carboxylic acids is 1. The lowest BCUT2D eigenvalue weighted by molar-refractivity contribution is -0.153. The van der Waals surface area contributed by atoms with E-state index < -0.39 is 17.4 Å². The van der Waals surface area contributed by atoms with E-state index in [0.29, 0.717) is 12.2 Å². The summed E-state index contributed by atoms with van der Waals surface area (Å²) < 4.78 is 18.7. The van der Waals surface area contributed by atoms with Crippen molar-refractivity contribution in [2.75, 3.05) is 11.5 Å². The number of thioether (sulfide) groups is 1. The van der Waals surface area contributed by atoms with Gasteiger partial charge in [-0.15, -0.1) is 0 Å². The molecular weight excluding hydrogens is 231 g/mol. The van der Waals surface area contributed by atoms with Crippen LogP contribution in [0.5, 0.6) is 5.75 Å². The minimum Gasteiger partial charge on any atom is -0.478 e. The summed E-state index contributed by atoms with van der Waals surface area (Å²) in [5.74, 6) is -0.467. The van der Waals surface area contributed by atoms with Crippen LogP contribution < -0.4 is 4.74 Å². The lowest BCUT2D eigenvalue weighted by Gasteiger charge is -2.24. The Morgan fingerprint density at radius 3 is 2.81 bits per heavy atom. The van der Waals surface area contributed by atoms with E-state index in [-0.39, 0.29) is 5.75 Å². The second-order valence-electron chi connectivity index (χ2n) is 3.63. The van der Waals surface area contributed by atoms with Gasteiger partial charge in [-0.3, -0.25) is 0 Å². The van der Waals surface area contributed by atoms with Crippen LogP contribution in [0.15, 0.2) is 24.3 Å². The van der Waals surface area contributed by atoms with E-state index >= 15 is 0 Å². The molecule has 0 radical (unpaired) electrons. The molecule has 1 aliphatic rings. The first-order valence-electron chi connectivity index (χ1n) is 4.89. The second kappa shape index (κ2) is 4.33. The molecule has 1 N–H and O–H groups in total. The molecule has 1 unspecified atom stereocenters.